The average Bonchev–Trinajstić information content (AvgIpc) is 3.06. The van der Waals surface area contributed by atoms with Crippen molar-refractivity contribution in [2.45, 2.75) is 25.2 Å². The molecule has 1 aromatic carbocycles. The van der Waals surface area contributed by atoms with Gasteiger partial charge < -0.3 is 5.11 Å². The Morgan fingerprint density at radius 3 is 2.83 bits per heavy atom. The Balaban J connectivity index is 2.03. The van der Waals surface area contributed by atoms with Crippen molar-refractivity contribution >= 4 is 11.3 Å². The van der Waals surface area contributed by atoms with Crippen LogP contribution in [-0.2, 0) is 5.41 Å². The molecule has 1 heterocycles. The summed E-state index contributed by atoms with van der Waals surface area (Å²) < 4.78 is 13.2. The Kier molecular flexibility index (Phi) is 2.72. The minimum atomic E-state index is -0.245. The fraction of sp³-hybridized carbons (Fsp3) is 0.357. The van der Waals surface area contributed by atoms with Gasteiger partial charge in [0.05, 0.1) is 12.3 Å². The van der Waals surface area contributed by atoms with Gasteiger partial charge in [-0.15, -0.1) is 11.3 Å². The Morgan fingerprint density at radius 2 is 2.22 bits per heavy atom. The molecule has 3 rings (SSSR count). The van der Waals surface area contributed by atoms with Gasteiger partial charge >= 0.3 is 0 Å². The fourth-order valence-corrected chi connectivity index (χ4v) is 3.54. The van der Waals surface area contributed by atoms with E-state index >= 15 is 0 Å². The van der Waals surface area contributed by atoms with Crippen LogP contribution in [0.5, 0.6) is 0 Å². The first kappa shape index (κ1) is 11.8. The molecule has 0 saturated heterocycles. The predicted molar refractivity (Wildman–Crippen MR) is 70.2 cm³/mol. The molecule has 0 radical (unpaired) electrons. The molecule has 1 aliphatic carbocycles. The van der Waals surface area contributed by atoms with Crippen LogP contribution >= 0.6 is 11.3 Å². The van der Waals surface area contributed by atoms with Gasteiger partial charge in [-0.25, -0.2) is 9.37 Å². The molecule has 1 saturated carbocycles. The van der Waals surface area contributed by atoms with Gasteiger partial charge in [0.2, 0.25) is 0 Å². The van der Waals surface area contributed by atoms with E-state index in [-0.39, 0.29) is 17.8 Å². The summed E-state index contributed by atoms with van der Waals surface area (Å²) in [6, 6.07) is 6.49. The first-order valence-electron chi connectivity index (χ1n) is 5.99. The number of rotatable bonds is 3. The lowest BCUT2D eigenvalue weighted by Gasteiger charge is -2.08. The number of hydrogen-bond donors (Lipinski definition) is 1. The molecule has 0 amide bonds. The second-order valence-electron chi connectivity index (χ2n) is 4.88. The van der Waals surface area contributed by atoms with Gasteiger partial charge in [-0.2, -0.15) is 0 Å². The maximum atomic E-state index is 13.2. The quantitative estimate of drug-likeness (QED) is 0.922. The Morgan fingerprint density at radius 1 is 1.44 bits per heavy atom. The van der Waals surface area contributed by atoms with Gasteiger partial charge in [-0.3, -0.25) is 0 Å². The predicted octanol–water partition coefficient (Wildman–Crippen LogP) is 3.28. The lowest BCUT2D eigenvalue weighted by molar-refractivity contribution is 0.256. The van der Waals surface area contributed by atoms with Crippen molar-refractivity contribution in [3.63, 3.8) is 0 Å². The molecule has 4 heteroatoms. The van der Waals surface area contributed by atoms with E-state index in [0.29, 0.717) is 0 Å². The van der Waals surface area contributed by atoms with Gasteiger partial charge in [0.25, 0.3) is 0 Å². The van der Waals surface area contributed by atoms with E-state index in [1.54, 1.807) is 17.4 Å². The van der Waals surface area contributed by atoms with Gasteiger partial charge in [-0.05, 0) is 31.9 Å². The van der Waals surface area contributed by atoms with Crippen molar-refractivity contribution < 1.29 is 9.50 Å². The minimum absolute atomic E-state index is 0.0622. The summed E-state index contributed by atoms with van der Waals surface area (Å²) in [5.41, 5.74) is 1.71. The second kappa shape index (κ2) is 4.14. The molecule has 0 unspecified atom stereocenters. The van der Waals surface area contributed by atoms with Crippen LogP contribution in [0, 0.1) is 12.7 Å². The van der Waals surface area contributed by atoms with E-state index < -0.39 is 0 Å². The van der Waals surface area contributed by atoms with Crippen molar-refractivity contribution in [2.24, 2.45) is 0 Å². The molecule has 0 spiro atoms. The van der Waals surface area contributed by atoms with Crippen molar-refractivity contribution in [3.8, 4) is 10.6 Å². The third kappa shape index (κ3) is 1.85. The zero-order chi connectivity index (χ0) is 12.8. The van der Waals surface area contributed by atoms with E-state index in [1.165, 1.54) is 12.1 Å². The van der Waals surface area contributed by atoms with Crippen LogP contribution < -0.4 is 0 Å². The van der Waals surface area contributed by atoms with Gasteiger partial charge in [0.15, 0.2) is 0 Å². The van der Waals surface area contributed by atoms with Crippen LogP contribution in [0.25, 0.3) is 10.6 Å². The van der Waals surface area contributed by atoms with Crippen molar-refractivity contribution in [2.75, 3.05) is 6.61 Å². The van der Waals surface area contributed by atoms with E-state index in [9.17, 15) is 9.50 Å². The average molecular weight is 263 g/mol. The molecule has 1 fully saturated rings. The van der Waals surface area contributed by atoms with E-state index in [1.807, 2.05) is 13.0 Å². The van der Waals surface area contributed by atoms with E-state index in [2.05, 4.69) is 4.98 Å². The molecule has 94 valence electrons. The Hall–Kier alpha value is -1.26. The summed E-state index contributed by atoms with van der Waals surface area (Å²) in [5, 5.41) is 10.3. The molecule has 1 aliphatic rings. The monoisotopic (exact) mass is 263 g/mol. The second-order valence-corrected chi connectivity index (χ2v) is 5.88. The van der Waals surface area contributed by atoms with Crippen molar-refractivity contribution in [3.05, 3.63) is 40.7 Å². The zero-order valence-corrected chi connectivity index (χ0v) is 10.9. The Bertz CT molecular complexity index is 589. The van der Waals surface area contributed by atoms with E-state index in [0.717, 1.165) is 34.0 Å². The third-order valence-corrected chi connectivity index (χ3v) is 4.96. The molecular weight excluding hydrogens is 249 g/mol. The minimum Gasteiger partial charge on any atom is -0.395 e. The largest absolute Gasteiger partial charge is 0.395 e. The van der Waals surface area contributed by atoms with Gasteiger partial charge in [0, 0.05) is 15.9 Å². The van der Waals surface area contributed by atoms with Crippen LogP contribution in [0.1, 0.15) is 23.4 Å². The van der Waals surface area contributed by atoms with Crippen LogP contribution in [0.3, 0.4) is 0 Å². The number of thiazole rings is 1. The van der Waals surface area contributed by atoms with Crippen molar-refractivity contribution in [1.82, 2.24) is 4.98 Å². The number of benzene rings is 1. The van der Waals surface area contributed by atoms with Crippen LogP contribution in [0.15, 0.2) is 24.3 Å². The van der Waals surface area contributed by atoms with Gasteiger partial charge in [-0.1, -0.05) is 12.1 Å². The number of halogens is 1. The summed E-state index contributed by atoms with van der Waals surface area (Å²) in [6.45, 7) is 2.14. The number of aliphatic hydroxyl groups is 1. The Labute approximate surface area is 109 Å². The smallest absolute Gasteiger partial charge is 0.123 e. The standard InChI is InChI=1S/C14H14FNOS/c1-9-12(14(8-17)5-6-14)18-13(16-9)10-3-2-4-11(15)7-10/h2-4,7,17H,5-6,8H2,1H3. The molecule has 0 aliphatic heterocycles. The SMILES string of the molecule is Cc1nc(-c2cccc(F)c2)sc1C1(CO)CC1. The number of nitrogens with zero attached hydrogens (tertiary/aromatic N) is 1. The third-order valence-electron chi connectivity index (χ3n) is 3.51. The molecule has 0 atom stereocenters. The highest BCUT2D eigenvalue weighted by Gasteiger charge is 2.46. The summed E-state index contributed by atoms with van der Waals surface area (Å²) in [4.78, 5) is 5.67. The highest BCUT2D eigenvalue weighted by molar-refractivity contribution is 7.15. The summed E-state index contributed by atoms with van der Waals surface area (Å²) in [5.74, 6) is -0.245. The van der Waals surface area contributed by atoms with Crippen LogP contribution in [-0.4, -0.2) is 16.7 Å². The fourth-order valence-electron chi connectivity index (χ4n) is 2.24. The number of aliphatic hydroxyl groups excluding tert-OH is 1. The van der Waals surface area contributed by atoms with Crippen LogP contribution in [0.4, 0.5) is 4.39 Å². The maximum absolute atomic E-state index is 13.2. The number of hydrogen-bond acceptors (Lipinski definition) is 3. The first-order chi connectivity index (χ1) is 8.64. The molecule has 0 bridgehead atoms. The molecule has 2 aromatic rings. The summed E-state index contributed by atoms with van der Waals surface area (Å²) in [7, 11) is 0. The molecule has 18 heavy (non-hydrogen) atoms. The molecule has 1 N–H and O–H groups in total. The molecule has 2 nitrogen and oxygen atoms in total. The summed E-state index contributed by atoms with van der Waals surface area (Å²) in [6.07, 6.45) is 2.05. The lowest BCUT2D eigenvalue weighted by Crippen LogP contribution is -2.11. The first-order valence-corrected chi connectivity index (χ1v) is 6.81. The zero-order valence-electron chi connectivity index (χ0n) is 10.1. The van der Waals surface area contributed by atoms with Crippen LogP contribution in [0.2, 0.25) is 0 Å². The molecule has 1 aromatic heterocycles. The van der Waals surface area contributed by atoms with Crippen molar-refractivity contribution in [1.29, 1.82) is 0 Å². The number of aromatic nitrogens is 1. The topological polar surface area (TPSA) is 33.1 Å². The molecular formula is C14H14FNOS. The van der Waals surface area contributed by atoms with Gasteiger partial charge in [0.1, 0.15) is 10.8 Å². The van der Waals surface area contributed by atoms with E-state index in [4.69, 9.17) is 0 Å². The summed E-state index contributed by atoms with van der Waals surface area (Å²) >= 11 is 1.58. The normalized spacial score (nSPS) is 16.8. The highest BCUT2D eigenvalue weighted by Crippen LogP contribution is 2.51. The maximum Gasteiger partial charge on any atom is 0.123 e. The highest BCUT2D eigenvalue weighted by atomic mass is 32.1. The number of aryl methyl sites for hydroxylation is 1. The lowest BCUT2D eigenvalue weighted by atomic mass is 10.1.